The molecule has 0 aromatic heterocycles. The zero-order valence-electron chi connectivity index (χ0n) is 9.24. The lowest BCUT2D eigenvalue weighted by molar-refractivity contribution is -0.123. The Morgan fingerprint density at radius 1 is 1.35 bits per heavy atom. The number of amides is 1. The molecule has 0 spiro atoms. The molecule has 1 unspecified atom stereocenters. The van der Waals surface area contributed by atoms with Crippen LogP contribution in [0.3, 0.4) is 0 Å². The second kappa shape index (κ2) is 3.89. The number of aliphatic hydroxyl groups excluding tert-OH is 1. The number of rotatable bonds is 1. The summed E-state index contributed by atoms with van der Waals surface area (Å²) in [6.45, 7) is 1.99. The van der Waals surface area contributed by atoms with Gasteiger partial charge in [-0.25, -0.2) is 0 Å². The first-order valence-electron chi connectivity index (χ1n) is 5.74. The Balaban J connectivity index is 2.03. The van der Waals surface area contributed by atoms with Crippen LogP contribution in [-0.4, -0.2) is 24.1 Å². The van der Waals surface area contributed by atoms with Gasteiger partial charge in [-0.1, -0.05) is 11.6 Å². The quantitative estimate of drug-likeness (QED) is 0.803. The summed E-state index contributed by atoms with van der Waals surface area (Å²) in [6, 6.07) is 3.55. The summed E-state index contributed by atoms with van der Waals surface area (Å²) in [6.07, 6.45) is 1.25. The summed E-state index contributed by atoms with van der Waals surface area (Å²) in [5, 5.41) is 12.9. The molecule has 0 radical (unpaired) electrons. The minimum absolute atomic E-state index is 0.380. The first kappa shape index (κ1) is 10.9. The maximum Gasteiger partial charge on any atom is 0.257 e. The summed E-state index contributed by atoms with van der Waals surface area (Å²) in [5.41, 5.74) is 2.19. The second-order valence-corrected chi connectivity index (χ2v) is 4.88. The van der Waals surface area contributed by atoms with Crippen LogP contribution < -0.4 is 10.2 Å². The summed E-state index contributed by atoms with van der Waals surface area (Å²) in [4.78, 5) is 13.6. The largest absolute Gasteiger partial charge is 0.378 e. The van der Waals surface area contributed by atoms with E-state index in [1.54, 1.807) is 6.07 Å². The molecule has 2 aliphatic heterocycles. The van der Waals surface area contributed by atoms with Crippen LogP contribution in [0.15, 0.2) is 12.1 Å². The molecule has 5 heteroatoms. The number of anilines is 2. The smallest absolute Gasteiger partial charge is 0.257 e. The number of fused-ring (bicyclic) bond motifs is 1. The van der Waals surface area contributed by atoms with Crippen molar-refractivity contribution in [2.45, 2.75) is 18.9 Å². The number of nitrogens with one attached hydrogen (secondary N) is 1. The Bertz CT molecular complexity index is 484. The van der Waals surface area contributed by atoms with Crippen molar-refractivity contribution in [1.82, 2.24) is 0 Å². The molecule has 1 atom stereocenters. The zero-order valence-corrected chi connectivity index (χ0v) is 10.00. The summed E-state index contributed by atoms with van der Waals surface area (Å²) in [5.74, 6) is -0.380. The average molecular weight is 253 g/mol. The minimum Gasteiger partial charge on any atom is -0.378 e. The topological polar surface area (TPSA) is 52.6 Å². The number of hydrogen-bond acceptors (Lipinski definition) is 3. The molecule has 0 aliphatic carbocycles. The zero-order chi connectivity index (χ0) is 12.0. The van der Waals surface area contributed by atoms with Crippen molar-refractivity contribution >= 4 is 28.9 Å². The van der Waals surface area contributed by atoms with Crippen LogP contribution in [0.25, 0.3) is 0 Å². The van der Waals surface area contributed by atoms with Crippen LogP contribution in [0.4, 0.5) is 11.4 Å². The third kappa shape index (κ3) is 1.68. The highest BCUT2D eigenvalue weighted by molar-refractivity contribution is 6.33. The van der Waals surface area contributed by atoms with Gasteiger partial charge in [0.05, 0.1) is 10.7 Å². The van der Waals surface area contributed by atoms with Gasteiger partial charge in [-0.15, -0.1) is 0 Å². The molecule has 0 bridgehead atoms. The number of halogens is 1. The average Bonchev–Trinajstić information content (AvgIpc) is 2.90. The maximum absolute atomic E-state index is 11.4. The molecular formula is C12H13ClN2O2. The van der Waals surface area contributed by atoms with Gasteiger partial charge in [0.15, 0.2) is 6.10 Å². The third-order valence-electron chi connectivity index (χ3n) is 3.37. The van der Waals surface area contributed by atoms with Crippen molar-refractivity contribution in [3.05, 3.63) is 22.7 Å². The van der Waals surface area contributed by atoms with Crippen molar-refractivity contribution in [3.8, 4) is 0 Å². The highest BCUT2D eigenvalue weighted by Crippen LogP contribution is 2.39. The molecule has 1 saturated heterocycles. The lowest BCUT2D eigenvalue weighted by Crippen LogP contribution is -2.18. The fourth-order valence-electron chi connectivity index (χ4n) is 2.45. The number of hydrogen-bond donors (Lipinski definition) is 2. The van der Waals surface area contributed by atoms with Crippen LogP contribution in [0.5, 0.6) is 0 Å². The van der Waals surface area contributed by atoms with E-state index in [0.717, 1.165) is 18.8 Å². The predicted molar refractivity (Wildman–Crippen MR) is 66.5 cm³/mol. The van der Waals surface area contributed by atoms with Gasteiger partial charge in [-0.05, 0) is 25.0 Å². The van der Waals surface area contributed by atoms with Crippen LogP contribution in [0.2, 0.25) is 5.02 Å². The predicted octanol–water partition coefficient (Wildman–Crippen LogP) is 1.93. The lowest BCUT2D eigenvalue weighted by Gasteiger charge is -2.20. The highest BCUT2D eigenvalue weighted by Gasteiger charge is 2.30. The van der Waals surface area contributed by atoms with Gasteiger partial charge in [0, 0.05) is 24.3 Å². The van der Waals surface area contributed by atoms with Gasteiger partial charge in [-0.3, -0.25) is 4.79 Å². The first-order valence-corrected chi connectivity index (χ1v) is 6.12. The number of carbonyl (C=O) groups is 1. The normalized spacial score (nSPS) is 22.8. The van der Waals surface area contributed by atoms with Crippen LogP contribution in [0.1, 0.15) is 24.5 Å². The van der Waals surface area contributed by atoms with Gasteiger partial charge in [-0.2, -0.15) is 0 Å². The van der Waals surface area contributed by atoms with Gasteiger partial charge >= 0.3 is 0 Å². The molecule has 1 aromatic carbocycles. The van der Waals surface area contributed by atoms with E-state index in [1.807, 2.05) is 6.07 Å². The van der Waals surface area contributed by atoms with Gasteiger partial charge < -0.3 is 15.3 Å². The fourth-order valence-corrected chi connectivity index (χ4v) is 2.75. The SMILES string of the molecule is O=C1Nc2cc(N3CCCC3)c(Cl)cc2C1O. The lowest BCUT2D eigenvalue weighted by atomic mass is 10.1. The van der Waals surface area contributed by atoms with E-state index >= 15 is 0 Å². The van der Waals surface area contributed by atoms with Crippen molar-refractivity contribution < 1.29 is 9.90 Å². The van der Waals surface area contributed by atoms with Crippen LogP contribution in [0, 0.1) is 0 Å². The Morgan fingerprint density at radius 3 is 2.76 bits per heavy atom. The van der Waals surface area contributed by atoms with Crippen molar-refractivity contribution in [1.29, 1.82) is 0 Å². The number of carbonyl (C=O) groups excluding carboxylic acids is 1. The Morgan fingerprint density at radius 2 is 2.06 bits per heavy atom. The Hall–Kier alpha value is -1.26. The fraction of sp³-hybridized carbons (Fsp3) is 0.417. The Kier molecular flexibility index (Phi) is 2.49. The molecule has 1 amide bonds. The van der Waals surface area contributed by atoms with E-state index in [1.165, 1.54) is 12.8 Å². The summed E-state index contributed by atoms with van der Waals surface area (Å²) >= 11 is 6.21. The van der Waals surface area contributed by atoms with E-state index in [-0.39, 0.29) is 5.91 Å². The van der Waals surface area contributed by atoms with E-state index in [0.29, 0.717) is 16.3 Å². The molecule has 2 aliphatic rings. The molecule has 1 aromatic rings. The number of aliphatic hydroxyl groups is 1. The Labute approximate surface area is 104 Å². The standard InChI is InChI=1S/C12H13ClN2O2/c13-8-5-7-9(14-12(17)11(7)16)6-10(8)15-3-1-2-4-15/h5-6,11,16H,1-4H2,(H,14,17). The van der Waals surface area contributed by atoms with Crippen molar-refractivity contribution in [3.63, 3.8) is 0 Å². The van der Waals surface area contributed by atoms with Gasteiger partial charge in [0.1, 0.15) is 0 Å². The molecule has 4 nitrogen and oxygen atoms in total. The molecule has 2 heterocycles. The van der Waals surface area contributed by atoms with Gasteiger partial charge in [0.25, 0.3) is 5.91 Å². The second-order valence-electron chi connectivity index (χ2n) is 4.48. The van der Waals surface area contributed by atoms with E-state index in [9.17, 15) is 9.90 Å². The monoisotopic (exact) mass is 252 g/mol. The van der Waals surface area contributed by atoms with E-state index < -0.39 is 6.10 Å². The van der Waals surface area contributed by atoms with Crippen molar-refractivity contribution in [2.24, 2.45) is 0 Å². The molecule has 17 heavy (non-hydrogen) atoms. The van der Waals surface area contributed by atoms with Gasteiger partial charge in [0.2, 0.25) is 0 Å². The molecule has 3 rings (SSSR count). The van der Waals surface area contributed by atoms with E-state index in [2.05, 4.69) is 10.2 Å². The molecule has 90 valence electrons. The number of benzene rings is 1. The highest BCUT2D eigenvalue weighted by atomic mass is 35.5. The maximum atomic E-state index is 11.4. The molecular weight excluding hydrogens is 240 g/mol. The van der Waals surface area contributed by atoms with E-state index in [4.69, 9.17) is 11.6 Å². The third-order valence-corrected chi connectivity index (χ3v) is 3.67. The molecule has 0 saturated carbocycles. The first-order chi connectivity index (χ1) is 8.16. The van der Waals surface area contributed by atoms with Crippen molar-refractivity contribution in [2.75, 3.05) is 23.3 Å². The molecule has 2 N–H and O–H groups in total. The van der Waals surface area contributed by atoms with Crippen LogP contribution in [-0.2, 0) is 4.79 Å². The molecule has 1 fully saturated rings. The number of nitrogens with zero attached hydrogens (tertiary/aromatic N) is 1. The summed E-state index contributed by atoms with van der Waals surface area (Å²) in [7, 11) is 0. The van der Waals surface area contributed by atoms with Crippen LogP contribution >= 0.6 is 11.6 Å². The minimum atomic E-state index is -1.09. The summed E-state index contributed by atoms with van der Waals surface area (Å²) < 4.78 is 0.